The summed E-state index contributed by atoms with van der Waals surface area (Å²) in [4.78, 5) is 49.4. The smallest absolute Gasteiger partial charge is 0.254 e. The van der Waals surface area contributed by atoms with E-state index in [4.69, 9.17) is 9.15 Å². The Labute approximate surface area is 230 Å². The third-order valence-electron chi connectivity index (χ3n) is 8.12. The summed E-state index contributed by atoms with van der Waals surface area (Å²) in [6.07, 6.45) is 1.44. The second-order valence-electron chi connectivity index (χ2n) is 10.4. The van der Waals surface area contributed by atoms with Crippen LogP contribution in [0.1, 0.15) is 40.6 Å². The van der Waals surface area contributed by atoms with Gasteiger partial charge in [-0.15, -0.1) is 0 Å². The predicted octanol–water partition coefficient (Wildman–Crippen LogP) is 1.55. The largest absolute Gasteiger partial charge is 0.497 e. The molecule has 2 saturated heterocycles. The Morgan fingerprint density at radius 3 is 2.65 bits per heavy atom. The SMILES string of the molecule is CCN1CCN(/C(=N/O)c2cnc3cc([C@]4(CN5Cc6ccc(OC)cc6C5=O)CC(=O)NC4=O)oc3c2)CC1. The Balaban J connectivity index is 1.31. The van der Waals surface area contributed by atoms with Crippen LogP contribution in [0, 0.1) is 0 Å². The second kappa shape index (κ2) is 9.94. The van der Waals surface area contributed by atoms with Crippen molar-refractivity contribution in [2.45, 2.75) is 25.3 Å². The Morgan fingerprint density at radius 2 is 1.98 bits per heavy atom. The first-order chi connectivity index (χ1) is 19.3. The minimum atomic E-state index is -1.41. The Kier molecular flexibility index (Phi) is 6.41. The quantitative estimate of drug-likeness (QED) is 0.155. The number of methoxy groups -OCH3 is 1. The molecular formula is C28H30N6O6. The van der Waals surface area contributed by atoms with Gasteiger partial charge in [0.1, 0.15) is 22.4 Å². The predicted molar refractivity (Wildman–Crippen MR) is 143 cm³/mol. The third kappa shape index (κ3) is 4.24. The molecule has 6 rings (SSSR count). The molecule has 40 heavy (non-hydrogen) atoms. The lowest BCUT2D eigenvalue weighted by molar-refractivity contribution is -0.127. The number of aromatic nitrogens is 1. The van der Waals surface area contributed by atoms with Gasteiger partial charge in [0.2, 0.25) is 11.8 Å². The van der Waals surface area contributed by atoms with E-state index < -0.39 is 17.2 Å². The number of nitrogens with zero attached hydrogens (tertiary/aromatic N) is 5. The van der Waals surface area contributed by atoms with Crippen molar-refractivity contribution in [2.75, 3.05) is 46.4 Å². The number of piperazine rings is 1. The van der Waals surface area contributed by atoms with Crippen LogP contribution in [0.5, 0.6) is 5.75 Å². The van der Waals surface area contributed by atoms with Gasteiger partial charge in [-0.1, -0.05) is 18.1 Å². The van der Waals surface area contributed by atoms with Gasteiger partial charge in [0.25, 0.3) is 5.91 Å². The van der Waals surface area contributed by atoms with E-state index in [1.807, 2.05) is 11.0 Å². The number of amides is 3. The van der Waals surface area contributed by atoms with Gasteiger partial charge in [0.15, 0.2) is 11.4 Å². The molecule has 3 aromatic rings. The number of rotatable bonds is 6. The fraction of sp³-hybridized carbons (Fsp3) is 0.393. The van der Waals surface area contributed by atoms with Crippen LogP contribution in [-0.4, -0.2) is 94.8 Å². The number of carbonyl (C=O) groups is 3. The number of pyridine rings is 1. The molecule has 1 aromatic carbocycles. The summed E-state index contributed by atoms with van der Waals surface area (Å²) in [7, 11) is 1.53. The van der Waals surface area contributed by atoms with Crippen molar-refractivity contribution >= 4 is 34.7 Å². The first kappa shape index (κ1) is 25.8. The van der Waals surface area contributed by atoms with Gasteiger partial charge >= 0.3 is 0 Å². The van der Waals surface area contributed by atoms with Crippen molar-refractivity contribution in [1.82, 2.24) is 25.0 Å². The number of amidine groups is 1. The maximum atomic E-state index is 13.3. The first-order valence-electron chi connectivity index (χ1n) is 13.3. The van der Waals surface area contributed by atoms with Crippen LogP contribution >= 0.6 is 0 Å². The van der Waals surface area contributed by atoms with Gasteiger partial charge in [-0.2, -0.15) is 0 Å². The summed E-state index contributed by atoms with van der Waals surface area (Å²) in [5.41, 5.74) is 1.35. The monoisotopic (exact) mass is 546 g/mol. The van der Waals surface area contributed by atoms with E-state index in [0.29, 0.717) is 53.4 Å². The molecule has 3 amide bonds. The summed E-state index contributed by atoms with van der Waals surface area (Å²) in [5, 5.41) is 15.8. The number of benzene rings is 1. The first-order valence-corrected chi connectivity index (χ1v) is 13.3. The van der Waals surface area contributed by atoms with Crippen LogP contribution in [0.4, 0.5) is 0 Å². The molecule has 2 fully saturated rings. The van der Waals surface area contributed by atoms with E-state index in [2.05, 4.69) is 27.3 Å². The molecule has 0 radical (unpaired) electrons. The fourth-order valence-corrected chi connectivity index (χ4v) is 5.83. The van der Waals surface area contributed by atoms with Crippen molar-refractivity contribution in [1.29, 1.82) is 0 Å². The fourth-order valence-electron chi connectivity index (χ4n) is 5.83. The summed E-state index contributed by atoms with van der Waals surface area (Å²) in [6.45, 7) is 6.45. The molecule has 0 aliphatic carbocycles. The van der Waals surface area contributed by atoms with Crippen LogP contribution < -0.4 is 10.1 Å². The zero-order valence-electron chi connectivity index (χ0n) is 22.3. The molecule has 2 aromatic heterocycles. The Hall–Kier alpha value is -4.45. The highest BCUT2D eigenvalue weighted by molar-refractivity contribution is 6.10. The highest BCUT2D eigenvalue weighted by Crippen LogP contribution is 2.39. The lowest BCUT2D eigenvalue weighted by atomic mass is 9.82. The molecule has 5 heterocycles. The van der Waals surface area contributed by atoms with Crippen LogP contribution in [0.25, 0.3) is 11.1 Å². The lowest BCUT2D eigenvalue weighted by Crippen LogP contribution is -2.48. The summed E-state index contributed by atoms with van der Waals surface area (Å²) in [5.74, 6) is -0.00715. The molecule has 0 bridgehead atoms. The standard InChI is InChI=1S/C28H30N6O6/c1-3-32-6-8-33(9-7-32)25(31-38)18-10-22-21(29-14-18)12-23(40-22)28(13-24(35)30-27(28)37)16-34-15-17-4-5-19(39-2)11-20(17)26(34)36/h4-5,10-12,14,38H,3,6-9,13,15-16H2,1-2H3,(H,30,35,37)/b31-25+/t28-/m1/s1. The molecule has 0 spiro atoms. The van der Waals surface area contributed by atoms with Gasteiger partial charge in [0, 0.05) is 62.7 Å². The normalized spacial score (nSPS) is 21.9. The van der Waals surface area contributed by atoms with E-state index in [1.54, 1.807) is 35.4 Å². The molecule has 3 aliphatic heterocycles. The summed E-state index contributed by atoms with van der Waals surface area (Å²) >= 11 is 0. The van der Waals surface area contributed by atoms with Gasteiger partial charge in [0.05, 0.1) is 13.5 Å². The van der Waals surface area contributed by atoms with Crippen LogP contribution in [0.15, 0.2) is 46.1 Å². The molecule has 0 unspecified atom stereocenters. The highest BCUT2D eigenvalue weighted by atomic mass is 16.5. The maximum absolute atomic E-state index is 13.3. The molecule has 2 N–H and O–H groups in total. The topological polar surface area (TPSA) is 141 Å². The van der Waals surface area contributed by atoms with E-state index in [-0.39, 0.29) is 24.6 Å². The third-order valence-corrected chi connectivity index (χ3v) is 8.12. The number of hydrogen-bond donors (Lipinski definition) is 2. The number of ether oxygens (including phenoxy) is 1. The number of carbonyl (C=O) groups excluding carboxylic acids is 3. The minimum Gasteiger partial charge on any atom is -0.497 e. The number of oxime groups is 1. The van der Waals surface area contributed by atoms with Gasteiger partial charge in [-0.05, 0) is 30.3 Å². The number of nitrogens with one attached hydrogen (secondary N) is 1. The van der Waals surface area contributed by atoms with Crippen molar-refractivity contribution in [3.63, 3.8) is 0 Å². The Morgan fingerprint density at radius 1 is 1.18 bits per heavy atom. The van der Waals surface area contributed by atoms with E-state index in [9.17, 15) is 19.6 Å². The lowest BCUT2D eigenvalue weighted by Gasteiger charge is -2.35. The van der Waals surface area contributed by atoms with Crippen molar-refractivity contribution in [2.24, 2.45) is 5.16 Å². The summed E-state index contributed by atoms with van der Waals surface area (Å²) in [6, 6.07) is 8.66. The molecule has 0 saturated carbocycles. The maximum Gasteiger partial charge on any atom is 0.254 e. The zero-order chi connectivity index (χ0) is 28.0. The van der Waals surface area contributed by atoms with Crippen LogP contribution in [0.3, 0.4) is 0 Å². The molecule has 208 valence electrons. The van der Waals surface area contributed by atoms with Crippen LogP contribution in [0.2, 0.25) is 0 Å². The van der Waals surface area contributed by atoms with Crippen molar-refractivity contribution in [3.05, 3.63) is 59.0 Å². The average molecular weight is 547 g/mol. The number of imide groups is 1. The average Bonchev–Trinajstić information content (AvgIpc) is 3.62. The molecular weight excluding hydrogens is 516 g/mol. The van der Waals surface area contributed by atoms with Crippen molar-refractivity contribution < 1.29 is 28.7 Å². The van der Waals surface area contributed by atoms with Gasteiger partial charge < -0.3 is 29.1 Å². The Bertz CT molecular complexity index is 1540. The van der Waals surface area contributed by atoms with E-state index in [0.717, 1.165) is 25.2 Å². The zero-order valence-corrected chi connectivity index (χ0v) is 22.3. The van der Waals surface area contributed by atoms with Crippen LogP contribution in [-0.2, 0) is 21.5 Å². The minimum absolute atomic E-state index is 0.0435. The molecule has 12 heteroatoms. The summed E-state index contributed by atoms with van der Waals surface area (Å²) < 4.78 is 11.5. The molecule has 3 aliphatic rings. The second-order valence-corrected chi connectivity index (χ2v) is 10.4. The molecule has 1 atom stereocenters. The number of likely N-dealkylation sites (N-methyl/N-ethyl adjacent to an activating group) is 1. The molecule has 12 nitrogen and oxygen atoms in total. The van der Waals surface area contributed by atoms with Crippen molar-refractivity contribution in [3.8, 4) is 5.75 Å². The van der Waals surface area contributed by atoms with E-state index >= 15 is 0 Å². The number of hydrogen-bond acceptors (Lipinski definition) is 9. The highest BCUT2D eigenvalue weighted by Gasteiger charge is 2.53. The number of furan rings is 1. The van der Waals surface area contributed by atoms with Gasteiger partial charge in [-0.3, -0.25) is 24.7 Å². The van der Waals surface area contributed by atoms with E-state index in [1.165, 1.54) is 7.11 Å². The number of fused-ring (bicyclic) bond motifs is 2. The van der Waals surface area contributed by atoms with Gasteiger partial charge in [-0.25, -0.2) is 0 Å².